The minimum Gasteiger partial charge on any atom is -0.381 e. The van der Waals surface area contributed by atoms with Crippen molar-refractivity contribution in [2.45, 2.75) is 37.3 Å². The maximum absolute atomic E-state index is 5.59. The molecule has 0 spiro atoms. The lowest BCUT2D eigenvalue weighted by Gasteiger charge is -2.29. The van der Waals surface area contributed by atoms with Gasteiger partial charge in [0.1, 0.15) is 11.6 Å². The third kappa shape index (κ3) is 3.69. The smallest absolute Gasteiger partial charge is 0.227 e. The molecule has 4 aromatic heterocycles. The molecule has 11 heteroatoms. The van der Waals surface area contributed by atoms with Crippen LogP contribution in [-0.2, 0) is 4.74 Å². The predicted molar refractivity (Wildman–Crippen MR) is 130 cm³/mol. The van der Waals surface area contributed by atoms with Crippen LogP contribution in [0.4, 0.5) is 17.6 Å². The van der Waals surface area contributed by atoms with E-state index >= 15 is 0 Å². The normalized spacial score (nSPS) is 22.6. The quantitative estimate of drug-likeness (QED) is 0.451. The Balaban J connectivity index is 1.21. The zero-order chi connectivity index (χ0) is 22.5. The monoisotopic (exact) mass is 475 g/mol. The predicted octanol–water partition coefficient (Wildman–Crippen LogP) is 2.86. The first-order valence-electron chi connectivity index (χ1n) is 11.8. The Kier molecular flexibility index (Phi) is 4.92. The minimum atomic E-state index is 0.388. The molecule has 4 aromatic rings. The number of nitrogens with one attached hydrogen (secondary N) is 2. The van der Waals surface area contributed by atoms with Crippen LogP contribution in [0.15, 0.2) is 36.8 Å². The number of nitrogens with zero attached hydrogens (tertiary/aromatic N) is 7. The molecule has 3 fully saturated rings. The van der Waals surface area contributed by atoms with Crippen LogP contribution >= 0.6 is 11.3 Å². The highest BCUT2D eigenvalue weighted by atomic mass is 32.1. The molecule has 0 aliphatic carbocycles. The number of ether oxygens (including phenoxy) is 1. The highest BCUT2D eigenvalue weighted by molar-refractivity contribution is 7.20. The van der Waals surface area contributed by atoms with Gasteiger partial charge in [0.2, 0.25) is 11.1 Å². The molecule has 0 unspecified atom stereocenters. The van der Waals surface area contributed by atoms with Crippen LogP contribution in [0, 0.1) is 0 Å². The molecule has 0 radical (unpaired) electrons. The maximum atomic E-state index is 5.59. The molecule has 3 aliphatic rings. The van der Waals surface area contributed by atoms with Crippen LogP contribution in [0.3, 0.4) is 0 Å². The molecule has 174 valence electrons. The van der Waals surface area contributed by atoms with Gasteiger partial charge in [-0.1, -0.05) is 11.3 Å². The summed E-state index contributed by atoms with van der Waals surface area (Å²) >= 11 is 1.57. The van der Waals surface area contributed by atoms with Gasteiger partial charge in [-0.25, -0.2) is 19.6 Å². The average molecular weight is 476 g/mol. The van der Waals surface area contributed by atoms with Gasteiger partial charge in [-0.3, -0.25) is 0 Å². The molecule has 0 aromatic carbocycles. The SMILES string of the molecule is c1cnn(-c2nc3cc(Nc4cc(C5CCOCC5)nc(N5C[C@@H]6C[C@H]5CN6)n4)ncc3s2)c1. The van der Waals surface area contributed by atoms with Crippen molar-refractivity contribution in [3.63, 3.8) is 0 Å². The summed E-state index contributed by atoms with van der Waals surface area (Å²) in [6, 6.07) is 6.94. The lowest BCUT2D eigenvalue weighted by Crippen LogP contribution is -2.44. The summed E-state index contributed by atoms with van der Waals surface area (Å²) in [5, 5.41) is 12.1. The van der Waals surface area contributed by atoms with Crippen LogP contribution in [0.5, 0.6) is 0 Å². The van der Waals surface area contributed by atoms with Crippen LogP contribution in [0.2, 0.25) is 0 Å². The molecule has 7 heterocycles. The summed E-state index contributed by atoms with van der Waals surface area (Å²) in [4.78, 5) is 21.7. The molecule has 2 N–H and O–H groups in total. The van der Waals surface area contributed by atoms with Gasteiger partial charge >= 0.3 is 0 Å². The van der Waals surface area contributed by atoms with Crippen molar-refractivity contribution < 1.29 is 4.74 Å². The fourth-order valence-corrected chi connectivity index (χ4v) is 6.01. The Hall–Kier alpha value is -3.15. The zero-order valence-electron chi connectivity index (χ0n) is 18.6. The standard InChI is InChI=1S/C23H25N9OS/c1-4-26-32(5-1)23-28-18-10-20(25-12-19(18)34-23)29-21-9-17(14-2-6-33-7-3-14)27-22(30-21)31-13-15-8-16(31)11-24-15/h1,4-5,9-10,12,14-16,24H,2-3,6-8,11,13H2,(H,25,27,29,30)/t15-,16-/m0/s1. The first-order valence-corrected chi connectivity index (χ1v) is 12.6. The first kappa shape index (κ1) is 20.2. The van der Waals surface area contributed by atoms with Crippen LogP contribution in [0.25, 0.3) is 15.3 Å². The van der Waals surface area contributed by atoms with Crippen molar-refractivity contribution in [2.24, 2.45) is 0 Å². The van der Waals surface area contributed by atoms with Crippen molar-refractivity contribution in [1.82, 2.24) is 35.0 Å². The summed E-state index contributed by atoms with van der Waals surface area (Å²) < 4.78 is 8.37. The highest BCUT2D eigenvalue weighted by Crippen LogP contribution is 2.33. The van der Waals surface area contributed by atoms with E-state index in [1.807, 2.05) is 24.5 Å². The molecule has 10 nitrogen and oxygen atoms in total. The van der Waals surface area contributed by atoms with Gasteiger partial charge in [0.15, 0.2) is 0 Å². The topological polar surface area (TPSA) is 106 Å². The van der Waals surface area contributed by atoms with Crippen molar-refractivity contribution >= 4 is 39.1 Å². The summed E-state index contributed by atoms with van der Waals surface area (Å²) in [5.74, 6) is 2.70. The van der Waals surface area contributed by atoms with Crippen molar-refractivity contribution in [3.05, 3.63) is 42.5 Å². The van der Waals surface area contributed by atoms with Gasteiger partial charge in [0, 0.05) is 75.0 Å². The number of thiazole rings is 1. The van der Waals surface area contributed by atoms with E-state index in [1.165, 1.54) is 0 Å². The molecule has 3 saturated heterocycles. The molecule has 2 atom stereocenters. The number of anilines is 3. The Labute approximate surface area is 200 Å². The number of fused-ring (bicyclic) bond motifs is 3. The van der Waals surface area contributed by atoms with Gasteiger partial charge in [-0.2, -0.15) is 10.1 Å². The van der Waals surface area contributed by atoms with Crippen molar-refractivity contribution in [2.75, 3.05) is 36.5 Å². The van der Waals surface area contributed by atoms with E-state index in [2.05, 4.69) is 31.7 Å². The summed E-state index contributed by atoms with van der Waals surface area (Å²) in [5.41, 5.74) is 1.97. The molecule has 7 rings (SSSR count). The summed E-state index contributed by atoms with van der Waals surface area (Å²) in [6.45, 7) is 3.52. The minimum absolute atomic E-state index is 0.388. The van der Waals surface area contributed by atoms with Crippen molar-refractivity contribution in [3.8, 4) is 5.13 Å². The van der Waals surface area contributed by atoms with E-state index < -0.39 is 0 Å². The van der Waals surface area contributed by atoms with Gasteiger partial charge in [-0.05, 0) is 25.3 Å². The Morgan fingerprint density at radius 2 is 2.06 bits per heavy atom. The second-order valence-corrected chi connectivity index (χ2v) is 10.1. The number of pyridine rings is 1. The van der Waals surface area contributed by atoms with Gasteiger partial charge < -0.3 is 20.3 Å². The van der Waals surface area contributed by atoms with Gasteiger partial charge in [0.25, 0.3) is 0 Å². The lowest BCUT2D eigenvalue weighted by molar-refractivity contribution is 0.0845. The summed E-state index contributed by atoms with van der Waals surface area (Å²) in [7, 11) is 0. The van der Waals surface area contributed by atoms with E-state index in [1.54, 1.807) is 22.2 Å². The largest absolute Gasteiger partial charge is 0.381 e. The molecule has 0 amide bonds. The number of rotatable bonds is 5. The molecule has 2 bridgehead atoms. The highest BCUT2D eigenvalue weighted by Gasteiger charge is 2.39. The maximum Gasteiger partial charge on any atom is 0.227 e. The van der Waals surface area contributed by atoms with E-state index in [0.29, 0.717) is 18.0 Å². The summed E-state index contributed by atoms with van der Waals surface area (Å²) in [6.07, 6.45) is 8.64. The first-order chi connectivity index (χ1) is 16.8. The van der Waals surface area contributed by atoms with Gasteiger partial charge in [0.05, 0.1) is 15.9 Å². The number of aromatic nitrogens is 6. The van der Waals surface area contributed by atoms with E-state index in [-0.39, 0.29) is 0 Å². The third-order valence-corrected chi connectivity index (χ3v) is 7.90. The van der Waals surface area contributed by atoms with E-state index in [0.717, 1.165) is 84.2 Å². The fraction of sp³-hybridized carbons (Fsp3) is 0.435. The molecule has 0 saturated carbocycles. The molecular formula is C23H25N9OS. The average Bonchev–Trinajstić information content (AvgIpc) is 3.68. The number of hydrogen-bond acceptors (Lipinski definition) is 10. The van der Waals surface area contributed by atoms with E-state index in [9.17, 15) is 0 Å². The lowest BCUT2D eigenvalue weighted by atomic mass is 9.96. The second-order valence-electron chi connectivity index (χ2n) is 9.12. The Bertz CT molecular complexity index is 1320. The fourth-order valence-electron chi connectivity index (χ4n) is 5.16. The second kappa shape index (κ2) is 8.26. The zero-order valence-corrected chi connectivity index (χ0v) is 19.4. The molecule has 34 heavy (non-hydrogen) atoms. The van der Waals surface area contributed by atoms with E-state index in [4.69, 9.17) is 19.7 Å². The van der Waals surface area contributed by atoms with Gasteiger partial charge in [-0.15, -0.1) is 0 Å². The number of piperazine rings is 1. The third-order valence-electron chi connectivity index (χ3n) is 6.91. The Morgan fingerprint density at radius 1 is 1.12 bits per heavy atom. The van der Waals surface area contributed by atoms with Crippen LogP contribution in [-0.4, -0.2) is 68.1 Å². The molecular weight excluding hydrogens is 450 g/mol. The Morgan fingerprint density at radius 3 is 2.85 bits per heavy atom. The number of hydrogen-bond donors (Lipinski definition) is 2. The van der Waals surface area contributed by atoms with Crippen LogP contribution < -0.4 is 15.5 Å². The van der Waals surface area contributed by atoms with Crippen LogP contribution in [0.1, 0.15) is 30.9 Å². The van der Waals surface area contributed by atoms with Crippen molar-refractivity contribution in [1.29, 1.82) is 0 Å². The molecule has 3 aliphatic heterocycles.